The van der Waals surface area contributed by atoms with Gasteiger partial charge in [0.15, 0.2) is 6.10 Å². The number of hydrogen-bond acceptors (Lipinski definition) is 4. The zero-order valence-corrected chi connectivity index (χ0v) is 14.4. The molecule has 0 unspecified atom stereocenters. The number of aromatic amines is 1. The van der Waals surface area contributed by atoms with Gasteiger partial charge in [-0.15, -0.1) is 0 Å². The van der Waals surface area contributed by atoms with Gasteiger partial charge in [-0.2, -0.15) is 0 Å². The maximum atomic E-state index is 12.7. The molecule has 0 aliphatic rings. The number of ketones is 1. The summed E-state index contributed by atoms with van der Waals surface area (Å²) in [6.45, 7) is 1.60. The third-order valence-electron chi connectivity index (χ3n) is 4.11. The molecule has 0 spiro atoms. The number of carbonyl (C=O) groups excluding carboxylic acids is 2. The van der Waals surface area contributed by atoms with Gasteiger partial charge in [-0.1, -0.05) is 24.3 Å². The second kappa shape index (κ2) is 6.81. The van der Waals surface area contributed by atoms with Crippen LogP contribution in [-0.2, 0) is 4.74 Å². The highest BCUT2D eigenvalue weighted by molar-refractivity contribution is 6.10. The first-order valence-electron chi connectivity index (χ1n) is 8.06. The molecule has 2 aromatic carbocycles. The highest BCUT2D eigenvalue weighted by atomic mass is 16.5. The van der Waals surface area contributed by atoms with Gasteiger partial charge in [-0.05, 0) is 31.2 Å². The van der Waals surface area contributed by atoms with E-state index in [1.54, 1.807) is 31.3 Å². The first-order chi connectivity index (χ1) is 12.0. The van der Waals surface area contributed by atoms with Crippen LogP contribution >= 0.6 is 0 Å². The van der Waals surface area contributed by atoms with Crippen LogP contribution in [0.15, 0.2) is 54.7 Å². The average molecular weight is 336 g/mol. The van der Waals surface area contributed by atoms with Gasteiger partial charge in [0.25, 0.3) is 0 Å². The number of H-pyrrole nitrogens is 1. The molecule has 1 atom stereocenters. The van der Waals surface area contributed by atoms with Crippen molar-refractivity contribution in [2.24, 2.45) is 0 Å². The van der Waals surface area contributed by atoms with E-state index in [0.717, 1.165) is 16.6 Å². The molecule has 3 rings (SSSR count). The number of Topliss-reactive ketones (excluding diaryl/α,β-unsaturated/α-hetero) is 1. The summed E-state index contributed by atoms with van der Waals surface area (Å²) in [7, 11) is 3.79. The molecular weight excluding hydrogens is 316 g/mol. The Morgan fingerprint density at radius 1 is 1.08 bits per heavy atom. The van der Waals surface area contributed by atoms with Crippen molar-refractivity contribution in [2.75, 3.05) is 19.0 Å². The van der Waals surface area contributed by atoms with Crippen LogP contribution in [-0.4, -0.2) is 36.9 Å². The van der Waals surface area contributed by atoms with Gasteiger partial charge in [0, 0.05) is 42.4 Å². The van der Waals surface area contributed by atoms with Gasteiger partial charge in [-0.3, -0.25) is 4.79 Å². The monoisotopic (exact) mass is 336 g/mol. The standard InChI is InChI=1S/C20H20N2O3/c1-13(19(23)17-12-21-18-10-5-4-9-16(17)18)25-20(24)14-7-6-8-15(11-14)22(2)3/h4-13,21H,1-3H3/t13-/m0/s1. The number of esters is 1. The van der Waals surface area contributed by atoms with Gasteiger partial charge in [0.2, 0.25) is 5.78 Å². The molecule has 0 amide bonds. The fourth-order valence-electron chi connectivity index (χ4n) is 2.69. The van der Waals surface area contributed by atoms with E-state index in [4.69, 9.17) is 4.74 Å². The van der Waals surface area contributed by atoms with Gasteiger partial charge in [-0.25, -0.2) is 4.79 Å². The van der Waals surface area contributed by atoms with Crippen molar-refractivity contribution in [2.45, 2.75) is 13.0 Å². The minimum atomic E-state index is -0.866. The number of anilines is 1. The Kier molecular flexibility index (Phi) is 4.57. The summed E-state index contributed by atoms with van der Waals surface area (Å²) in [5, 5.41) is 0.824. The lowest BCUT2D eigenvalue weighted by Gasteiger charge is -2.15. The van der Waals surface area contributed by atoms with E-state index in [2.05, 4.69) is 4.98 Å². The van der Waals surface area contributed by atoms with E-state index in [9.17, 15) is 9.59 Å². The number of carbonyl (C=O) groups is 2. The van der Waals surface area contributed by atoms with Crippen LogP contribution in [0.5, 0.6) is 0 Å². The van der Waals surface area contributed by atoms with Gasteiger partial charge < -0.3 is 14.6 Å². The summed E-state index contributed by atoms with van der Waals surface area (Å²) in [6, 6.07) is 14.6. The molecule has 0 aliphatic carbocycles. The second-order valence-corrected chi connectivity index (χ2v) is 6.10. The Morgan fingerprint density at radius 3 is 2.60 bits per heavy atom. The number of fused-ring (bicyclic) bond motifs is 1. The zero-order valence-electron chi connectivity index (χ0n) is 14.4. The van der Waals surface area contributed by atoms with Crippen LogP contribution in [0.1, 0.15) is 27.6 Å². The number of para-hydroxylation sites is 1. The van der Waals surface area contributed by atoms with Crippen molar-refractivity contribution in [1.82, 2.24) is 4.98 Å². The largest absolute Gasteiger partial charge is 0.451 e. The van der Waals surface area contributed by atoms with Crippen LogP contribution in [0.3, 0.4) is 0 Å². The molecule has 3 aromatic rings. The predicted octanol–water partition coefficient (Wildman–Crippen LogP) is 3.66. The number of ether oxygens (including phenoxy) is 1. The number of nitrogens with zero attached hydrogens (tertiary/aromatic N) is 1. The smallest absolute Gasteiger partial charge is 0.338 e. The third kappa shape index (κ3) is 3.40. The maximum Gasteiger partial charge on any atom is 0.338 e. The molecule has 0 fully saturated rings. The van der Waals surface area contributed by atoms with Crippen LogP contribution in [0.25, 0.3) is 10.9 Å². The summed E-state index contributed by atoms with van der Waals surface area (Å²) in [5.41, 5.74) is 2.72. The Morgan fingerprint density at radius 2 is 1.84 bits per heavy atom. The molecule has 1 aromatic heterocycles. The summed E-state index contributed by atoms with van der Waals surface area (Å²) >= 11 is 0. The van der Waals surface area contributed by atoms with Crippen molar-refractivity contribution in [3.05, 3.63) is 65.9 Å². The van der Waals surface area contributed by atoms with E-state index in [1.165, 1.54) is 0 Å². The molecule has 0 radical (unpaired) electrons. The van der Waals surface area contributed by atoms with Crippen LogP contribution in [0, 0.1) is 0 Å². The molecule has 128 valence electrons. The highest BCUT2D eigenvalue weighted by Crippen LogP contribution is 2.21. The molecule has 1 heterocycles. The number of hydrogen-bond donors (Lipinski definition) is 1. The Bertz CT molecular complexity index is 927. The first kappa shape index (κ1) is 16.8. The summed E-state index contributed by atoms with van der Waals surface area (Å²) < 4.78 is 5.38. The molecular formula is C20H20N2O3. The molecule has 0 aliphatic heterocycles. The number of nitrogens with one attached hydrogen (secondary N) is 1. The predicted molar refractivity (Wildman–Crippen MR) is 98.3 cm³/mol. The molecule has 5 heteroatoms. The zero-order chi connectivity index (χ0) is 18.0. The Balaban J connectivity index is 1.77. The summed E-state index contributed by atoms with van der Waals surface area (Å²) in [5.74, 6) is -0.737. The van der Waals surface area contributed by atoms with E-state index in [-0.39, 0.29) is 5.78 Å². The van der Waals surface area contributed by atoms with Crippen LogP contribution in [0.2, 0.25) is 0 Å². The van der Waals surface area contributed by atoms with Gasteiger partial charge >= 0.3 is 5.97 Å². The number of aromatic nitrogens is 1. The van der Waals surface area contributed by atoms with Crippen molar-refractivity contribution in [1.29, 1.82) is 0 Å². The molecule has 0 saturated heterocycles. The van der Waals surface area contributed by atoms with Crippen LogP contribution < -0.4 is 4.90 Å². The third-order valence-corrected chi connectivity index (χ3v) is 4.11. The van der Waals surface area contributed by atoms with E-state index < -0.39 is 12.1 Å². The molecule has 25 heavy (non-hydrogen) atoms. The Labute approximate surface area is 146 Å². The number of rotatable bonds is 5. The molecule has 0 bridgehead atoms. The quantitative estimate of drug-likeness (QED) is 0.570. The van der Waals surface area contributed by atoms with Gasteiger partial charge in [0.1, 0.15) is 0 Å². The summed E-state index contributed by atoms with van der Waals surface area (Å²) in [6.07, 6.45) is 0.791. The second-order valence-electron chi connectivity index (χ2n) is 6.10. The molecule has 1 N–H and O–H groups in total. The van der Waals surface area contributed by atoms with E-state index in [1.807, 2.05) is 49.3 Å². The normalized spacial score (nSPS) is 12.0. The van der Waals surface area contributed by atoms with E-state index in [0.29, 0.717) is 11.1 Å². The lowest BCUT2D eigenvalue weighted by Crippen LogP contribution is -2.24. The minimum absolute atomic E-state index is 0.227. The topological polar surface area (TPSA) is 62.4 Å². The maximum absolute atomic E-state index is 12.7. The van der Waals surface area contributed by atoms with Crippen molar-refractivity contribution < 1.29 is 14.3 Å². The average Bonchev–Trinajstić information content (AvgIpc) is 3.05. The molecule has 5 nitrogen and oxygen atoms in total. The van der Waals surface area contributed by atoms with Crippen molar-refractivity contribution in [3.63, 3.8) is 0 Å². The highest BCUT2D eigenvalue weighted by Gasteiger charge is 2.23. The first-order valence-corrected chi connectivity index (χ1v) is 8.06. The fraction of sp³-hybridized carbons (Fsp3) is 0.200. The fourth-order valence-corrected chi connectivity index (χ4v) is 2.69. The van der Waals surface area contributed by atoms with Gasteiger partial charge in [0.05, 0.1) is 5.56 Å². The van der Waals surface area contributed by atoms with Crippen molar-refractivity contribution >= 4 is 28.3 Å². The Hall–Kier alpha value is -3.08. The SMILES string of the molecule is C[C@H](OC(=O)c1cccc(N(C)C)c1)C(=O)c1c[nH]c2ccccc12. The minimum Gasteiger partial charge on any atom is -0.451 e. The molecule has 0 saturated carbocycles. The summed E-state index contributed by atoms with van der Waals surface area (Å²) in [4.78, 5) is 30.0. The van der Waals surface area contributed by atoms with Crippen molar-refractivity contribution in [3.8, 4) is 0 Å². The lowest BCUT2D eigenvalue weighted by atomic mass is 10.1. The van der Waals surface area contributed by atoms with E-state index >= 15 is 0 Å². The lowest BCUT2D eigenvalue weighted by molar-refractivity contribution is 0.0319. The van der Waals surface area contributed by atoms with Crippen LogP contribution in [0.4, 0.5) is 5.69 Å². The number of benzene rings is 2.